The van der Waals surface area contributed by atoms with E-state index in [1.807, 2.05) is 19.1 Å². The number of carbonyl (C=O) groups excluding carboxylic acids is 3. The third kappa shape index (κ3) is 4.00. The minimum atomic E-state index is -4.59. The fourth-order valence-electron chi connectivity index (χ4n) is 3.33. The van der Waals surface area contributed by atoms with Gasteiger partial charge in [0, 0.05) is 5.69 Å². The highest BCUT2D eigenvalue weighted by Crippen LogP contribution is 2.34. The Morgan fingerprint density at radius 2 is 1.83 bits per heavy atom. The molecule has 1 fully saturated rings. The van der Waals surface area contributed by atoms with Crippen molar-refractivity contribution >= 4 is 23.5 Å². The molecule has 0 aliphatic carbocycles. The number of nitrogens with one attached hydrogen (secondary N) is 2. The predicted octanol–water partition coefficient (Wildman–Crippen LogP) is 3.67. The van der Waals surface area contributed by atoms with E-state index in [0.717, 1.165) is 17.7 Å². The number of hydrogen-bond acceptors (Lipinski definition) is 3. The topological polar surface area (TPSA) is 78.5 Å². The first-order valence-electron chi connectivity index (χ1n) is 9.26. The largest absolute Gasteiger partial charge is 0.416 e. The lowest BCUT2D eigenvalue weighted by atomic mass is 9.90. The highest BCUT2D eigenvalue weighted by atomic mass is 19.4. The summed E-state index contributed by atoms with van der Waals surface area (Å²) in [7, 11) is 0. The summed E-state index contributed by atoms with van der Waals surface area (Å²) in [6, 6.07) is 10.5. The van der Waals surface area contributed by atoms with Gasteiger partial charge < -0.3 is 10.6 Å². The number of alkyl halides is 3. The Bertz CT molecular complexity index is 1010. The third-order valence-electron chi connectivity index (χ3n) is 5.02. The maximum Gasteiger partial charge on any atom is 0.416 e. The Balaban J connectivity index is 1.80. The molecule has 1 atom stereocenters. The van der Waals surface area contributed by atoms with E-state index in [4.69, 9.17) is 0 Å². The number of anilines is 1. The highest BCUT2D eigenvalue weighted by Gasteiger charge is 2.50. The third-order valence-corrected chi connectivity index (χ3v) is 5.02. The van der Waals surface area contributed by atoms with Crippen LogP contribution in [0.15, 0.2) is 48.5 Å². The van der Waals surface area contributed by atoms with Crippen LogP contribution in [0, 0.1) is 0 Å². The van der Waals surface area contributed by atoms with Crippen LogP contribution < -0.4 is 10.6 Å². The summed E-state index contributed by atoms with van der Waals surface area (Å²) in [5.41, 5.74) is -1.21. The smallest absolute Gasteiger partial charge is 0.324 e. The zero-order valence-corrected chi connectivity index (χ0v) is 16.3. The van der Waals surface area contributed by atoms with Crippen LogP contribution in [0.3, 0.4) is 0 Å². The van der Waals surface area contributed by atoms with Crippen LogP contribution in [-0.2, 0) is 27.7 Å². The number of halogens is 3. The van der Waals surface area contributed by atoms with Crippen LogP contribution in [-0.4, -0.2) is 29.3 Å². The number of rotatable bonds is 5. The number of benzene rings is 2. The molecule has 1 saturated heterocycles. The number of aryl methyl sites for hydroxylation is 1. The summed E-state index contributed by atoms with van der Waals surface area (Å²) in [5, 5.41) is 5.07. The Hall–Kier alpha value is -3.36. The molecule has 1 aliphatic heterocycles. The van der Waals surface area contributed by atoms with Gasteiger partial charge in [0.25, 0.3) is 5.91 Å². The Kier molecular flexibility index (Phi) is 5.56. The van der Waals surface area contributed by atoms with Gasteiger partial charge in [0.05, 0.1) is 5.56 Å². The van der Waals surface area contributed by atoms with Gasteiger partial charge in [0.2, 0.25) is 5.91 Å². The maximum absolute atomic E-state index is 13.0. The van der Waals surface area contributed by atoms with Crippen LogP contribution >= 0.6 is 0 Å². The van der Waals surface area contributed by atoms with Gasteiger partial charge in [0.1, 0.15) is 12.1 Å². The van der Waals surface area contributed by atoms with E-state index in [-0.39, 0.29) is 5.56 Å². The van der Waals surface area contributed by atoms with Crippen molar-refractivity contribution in [3.8, 4) is 0 Å². The molecular formula is C21H20F3N3O3. The molecule has 6 nitrogen and oxygen atoms in total. The van der Waals surface area contributed by atoms with Crippen molar-refractivity contribution in [3.05, 3.63) is 65.2 Å². The van der Waals surface area contributed by atoms with E-state index < -0.39 is 41.7 Å². The molecule has 1 aliphatic rings. The van der Waals surface area contributed by atoms with Crippen molar-refractivity contribution in [1.29, 1.82) is 0 Å². The van der Waals surface area contributed by atoms with Crippen LogP contribution in [0.5, 0.6) is 0 Å². The zero-order valence-electron chi connectivity index (χ0n) is 16.3. The van der Waals surface area contributed by atoms with Gasteiger partial charge >= 0.3 is 12.2 Å². The number of para-hydroxylation sites is 1. The van der Waals surface area contributed by atoms with E-state index in [1.54, 1.807) is 12.1 Å². The molecule has 1 unspecified atom stereocenters. The van der Waals surface area contributed by atoms with E-state index in [1.165, 1.54) is 19.1 Å². The summed E-state index contributed by atoms with van der Waals surface area (Å²) in [6.07, 6.45) is -3.92. The van der Waals surface area contributed by atoms with E-state index in [0.29, 0.717) is 17.0 Å². The summed E-state index contributed by atoms with van der Waals surface area (Å²) >= 11 is 0. The van der Waals surface area contributed by atoms with Gasteiger partial charge in [0.15, 0.2) is 0 Å². The highest BCUT2D eigenvalue weighted by molar-refractivity contribution is 6.10. The lowest BCUT2D eigenvalue weighted by Crippen LogP contribution is -2.42. The molecule has 1 heterocycles. The second kappa shape index (κ2) is 7.81. The lowest BCUT2D eigenvalue weighted by Gasteiger charge is -2.23. The Labute approximate surface area is 171 Å². The van der Waals surface area contributed by atoms with Crippen molar-refractivity contribution in [3.63, 3.8) is 0 Å². The molecule has 2 aromatic carbocycles. The average Bonchev–Trinajstić information content (AvgIpc) is 2.92. The quantitative estimate of drug-likeness (QED) is 0.726. The molecule has 3 rings (SSSR count). The van der Waals surface area contributed by atoms with Gasteiger partial charge in [-0.15, -0.1) is 0 Å². The zero-order chi connectivity index (χ0) is 22.1. The van der Waals surface area contributed by atoms with E-state index in [9.17, 15) is 27.6 Å². The van der Waals surface area contributed by atoms with Gasteiger partial charge in [-0.2, -0.15) is 13.2 Å². The van der Waals surface area contributed by atoms with Crippen molar-refractivity contribution in [2.24, 2.45) is 0 Å². The van der Waals surface area contributed by atoms with Crippen LogP contribution in [0.1, 0.15) is 30.5 Å². The first kappa shape index (κ1) is 21.4. The molecule has 4 amide bonds. The normalized spacial score (nSPS) is 19.0. The molecule has 0 saturated carbocycles. The summed E-state index contributed by atoms with van der Waals surface area (Å²) in [6.45, 7) is 2.67. The van der Waals surface area contributed by atoms with Crippen LogP contribution in [0.2, 0.25) is 0 Å². The number of hydrogen-bond donors (Lipinski definition) is 2. The number of nitrogens with zero attached hydrogens (tertiary/aromatic N) is 1. The first-order chi connectivity index (χ1) is 14.1. The lowest BCUT2D eigenvalue weighted by molar-refractivity contribution is -0.138. The molecule has 158 valence electrons. The Morgan fingerprint density at radius 1 is 1.13 bits per heavy atom. The standard InChI is InChI=1S/C21H20F3N3O3/c1-3-13-7-4-5-10-16(13)25-17(28)12-27-18(29)20(2,26-19(27)30)14-8-6-9-15(11-14)21(22,23)24/h4-11H,3,12H2,1-2H3,(H,25,28)(H,26,30). The first-order valence-corrected chi connectivity index (χ1v) is 9.26. The van der Waals surface area contributed by atoms with Crippen molar-refractivity contribution in [2.75, 3.05) is 11.9 Å². The van der Waals surface area contributed by atoms with Gasteiger partial charge in [-0.1, -0.05) is 37.3 Å². The number of urea groups is 1. The summed E-state index contributed by atoms with van der Waals surface area (Å²) in [5.74, 6) is -1.39. The van der Waals surface area contributed by atoms with Crippen molar-refractivity contribution < 1.29 is 27.6 Å². The SMILES string of the molecule is CCc1ccccc1NC(=O)CN1C(=O)NC(C)(c2cccc(C(F)(F)F)c2)C1=O. The van der Waals surface area contributed by atoms with Gasteiger partial charge in [-0.3, -0.25) is 14.5 Å². The fourth-order valence-corrected chi connectivity index (χ4v) is 3.33. The maximum atomic E-state index is 13.0. The molecule has 2 aromatic rings. The van der Waals surface area contributed by atoms with E-state index in [2.05, 4.69) is 10.6 Å². The molecule has 0 radical (unpaired) electrons. The summed E-state index contributed by atoms with van der Waals surface area (Å²) in [4.78, 5) is 38.4. The van der Waals surface area contributed by atoms with Crippen molar-refractivity contribution in [1.82, 2.24) is 10.2 Å². The molecule has 2 N–H and O–H groups in total. The molecule has 0 aromatic heterocycles. The Morgan fingerprint density at radius 3 is 2.50 bits per heavy atom. The summed E-state index contributed by atoms with van der Waals surface area (Å²) < 4.78 is 39.1. The van der Waals surface area contributed by atoms with Crippen LogP contribution in [0.4, 0.5) is 23.7 Å². The average molecular weight is 419 g/mol. The number of imide groups is 1. The second-order valence-corrected chi connectivity index (χ2v) is 7.08. The number of amides is 4. The van der Waals surface area contributed by atoms with Crippen LogP contribution in [0.25, 0.3) is 0 Å². The van der Waals surface area contributed by atoms with E-state index >= 15 is 0 Å². The fraction of sp³-hybridized carbons (Fsp3) is 0.286. The molecule has 9 heteroatoms. The van der Waals surface area contributed by atoms with Gasteiger partial charge in [-0.05, 0) is 42.7 Å². The van der Waals surface area contributed by atoms with Gasteiger partial charge in [-0.25, -0.2) is 4.79 Å². The molecule has 0 bridgehead atoms. The monoisotopic (exact) mass is 419 g/mol. The molecule has 30 heavy (non-hydrogen) atoms. The van der Waals surface area contributed by atoms with Crippen molar-refractivity contribution in [2.45, 2.75) is 32.0 Å². The predicted molar refractivity (Wildman–Crippen MR) is 103 cm³/mol. The number of carbonyl (C=O) groups is 3. The molecular weight excluding hydrogens is 399 g/mol. The second-order valence-electron chi connectivity index (χ2n) is 7.08. The minimum Gasteiger partial charge on any atom is -0.324 e. The minimum absolute atomic E-state index is 0.0186. The molecule has 0 spiro atoms.